The lowest BCUT2D eigenvalue weighted by atomic mass is 9.91. The summed E-state index contributed by atoms with van der Waals surface area (Å²) >= 11 is 0. The summed E-state index contributed by atoms with van der Waals surface area (Å²) in [7, 11) is 0. The molecule has 3 aromatic carbocycles. The molecule has 8 rings (SSSR count). The van der Waals surface area contributed by atoms with Gasteiger partial charge in [0.15, 0.2) is 0 Å². The first kappa shape index (κ1) is 24.1. The minimum atomic E-state index is 0.853. The van der Waals surface area contributed by atoms with Gasteiger partial charge in [0, 0.05) is 16.7 Å². The van der Waals surface area contributed by atoms with Crippen LogP contribution in [0.3, 0.4) is 0 Å². The highest BCUT2D eigenvalue weighted by atomic mass is 14.9. The summed E-state index contributed by atoms with van der Waals surface area (Å²) in [4.78, 5) is 20.4. The van der Waals surface area contributed by atoms with E-state index in [0.29, 0.717) is 0 Å². The molecule has 4 nitrogen and oxygen atoms in total. The fraction of sp³-hybridized carbons (Fsp3) is 0. The summed E-state index contributed by atoms with van der Waals surface area (Å²) in [5.74, 6) is 0. The first-order valence-electron chi connectivity index (χ1n) is 14.0. The molecular weight excluding hydrogens is 512 g/mol. The summed E-state index contributed by atoms with van der Waals surface area (Å²) in [6.45, 7) is 0. The van der Waals surface area contributed by atoms with Crippen LogP contribution in [0.25, 0.3) is 16.7 Å². The second-order valence-electron chi connectivity index (χ2n) is 10.3. The van der Waals surface area contributed by atoms with E-state index in [1.807, 2.05) is 48.6 Å². The van der Waals surface area contributed by atoms with Crippen molar-refractivity contribution in [2.24, 2.45) is 20.0 Å². The molecule has 0 radical (unpaired) electrons. The maximum absolute atomic E-state index is 5.28. The van der Waals surface area contributed by atoms with E-state index in [-0.39, 0.29) is 0 Å². The molecule has 0 amide bonds. The van der Waals surface area contributed by atoms with Gasteiger partial charge in [-0.15, -0.1) is 0 Å². The standard InChI is InChI=1S/C38H24N4/c1-4-10-25(11-5-1)32-24-31-23-29-17-16-28(39-29)22-30-18-19-33(40-30)36(26-12-6-2-7-13-26)34-20-21-35(42-34)37(38(32)41-31)27-14-8-3-9-15-27/h1-24H. The molecule has 0 unspecified atom stereocenters. The van der Waals surface area contributed by atoms with Gasteiger partial charge in [-0.2, -0.15) is 0 Å². The number of allylic oxidation sites excluding steroid dienone is 12. The van der Waals surface area contributed by atoms with E-state index < -0.39 is 0 Å². The van der Waals surface area contributed by atoms with Gasteiger partial charge in [0.25, 0.3) is 0 Å². The molecule has 0 aliphatic carbocycles. The maximum Gasteiger partial charge on any atom is 0.0816 e. The lowest BCUT2D eigenvalue weighted by molar-refractivity contribution is 1.41. The van der Waals surface area contributed by atoms with Gasteiger partial charge in [-0.3, -0.25) is 0 Å². The highest BCUT2D eigenvalue weighted by Crippen LogP contribution is 2.38. The lowest BCUT2D eigenvalue weighted by Gasteiger charge is -2.14. The van der Waals surface area contributed by atoms with Crippen LogP contribution in [0.15, 0.2) is 188 Å². The third-order valence-electron chi connectivity index (χ3n) is 7.58. The van der Waals surface area contributed by atoms with E-state index >= 15 is 0 Å². The molecule has 0 atom stereocenters. The normalized spacial score (nSPS) is 18.5. The zero-order chi connectivity index (χ0) is 27.9. The minimum Gasteiger partial charge on any atom is -0.249 e. The first-order valence-corrected chi connectivity index (χ1v) is 14.0. The van der Waals surface area contributed by atoms with Crippen molar-refractivity contribution < 1.29 is 0 Å². The molecule has 5 heterocycles. The zero-order valence-corrected chi connectivity index (χ0v) is 22.6. The van der Waals surface area contributed by atoms with E-state index in [1.165, 1.54) is 0 Å². The summed E-state index contributed by atoms with van der Waals surface area (Å²) in [6, 6.07) is 31.2. The predicted octanol–water partition coefficient (Wildman–Crippen LogP) is 8.16. The van der Waals surface area contributed by atoms with Crippen LogP contribution in [0.5, 0.6) is 0 Å². The Labute approximate surface area is 244 Å². The molecule has 5 aliphatic heterocycles. The number of fused-ring (bicyclic) bond motifs is 4. The van der Waals surface area contributed by atoms with Crippen LogP contribution in [0.1, 0.15) is 16.7 Å². The lowest BCUT2D eigenvalue weighted by Crippen LogP contribution is -2.05. The molecule has 0 N–H and O–H groups in total. The van der Waals surface area contributed by atoms with Gasteiger partial charge in [0.2, 0.25) is 0 Å². The molecule has 8 bridgehead atoms. The molecule has 4 heteroatoms. The molecule has 196 valence electrons. The molecule has 0 saturated carbocycles. The van der Waals surface area contributed by atoms with Crippen molar-refractivity contribution in [1.29, 1.82) is 0 Å². The van der Waals surface area contributed by atoms with Gasteiger partial charge < -0.3 is 0 Å². The Bertz CT molecular complexity index is 2020. The van der Waals surface area contributed by atoms with E-state index in [0.717, 1.165) is 79.0 Å². The Morgan fingerprint density at radius 1 is 0.381 bits per heavy atom. The van der Waals surface area contributed by atoms with Crippen molar-refractivity contribution in [3.63, 3.8) is 0 Å². The Hall–Kier alpha value is -5.74. The number of benzene rings is 3. The second kappa shape index (κ2) is 10.0. The Kier molecular flexibility index (Phi) is 5.75. The van der Waals surface area contributed by atoms with Crippen molar-refractivity contribution in [2.45, 2.75) is 0 Å². The average molecular weight is 537 g/mol. The third kappa shape index (κ3) is 4.36. The topological polar surface area (TPSA) is 49.4 Å². The predicted molar refractivity (Wildman–Crippen MR) is 174 cm³/mol. The Morgan fingerprint density at radius 3 is 1.69 bits per heavy atom. The van der Waals surface area contributed by atoms with Crippen LogP contribution in [0, 0.1) is 0 Å². The zero-order valence-electron chi connectivity index (χ0n) is 22.6. The van der Waals surface area contributed by atoms with Crippen LogP contribution in [-0.2, 0) is 0 Å². The fourth-order valence-electron chi connectivity index (χ4n) is 5.68. The van der Waals surface area contributed by atoms with Gasteiger partial charge in [-0.05, 0) is 71.4 Å². The quantitative estimate of drug-likeness (QED) is 0.324. The van der Waals surface area contributed by atoms with E-state index in [9.17, 15) is 0 Å². The number of hydrogen-bond donors (Lipinski definition) is 0. The van der Waals surface area contributed by atoms with Gasteiger partial charge in [-0.25, -0.2) is 20.0 Å². The summed E-state index contributed by atoms with van der Waals surface area (Å²) in [5, 5.41) is 0. The highest BCUT2D eigenvalue weighted by Gasteiger charge is 2.27. The van der Waals surface area contributed by atoms with Crippen molar-refractivity contribution >= 4 is 39.6 Å². The molecule has 0 fully saturated rings. The Balaban J connectivity index is 1.43. The average Bonchev–Trinajstić information content (AvgIpc) is 3.85. The molecular formula is C38H24N4. The summed E-state index contributed by atoms with van der Waals surface area (Å²) in [6.07, 6.45) is 18.6. The fourth-order valence-corrected chi connectivity index (χ4v) is 5.68. The number of hydrogen-bond acceptors (Lipinski definition) is 4. The van der Waals surface area contributed by atoms with E-state index in [4.69, 9.17) is 20.0 Å². The van der Waals surface area contributed by atoms with E-state index in [2.05, 4.69) is 97.1 Å². The van der Waals surface area contributed by atoms with Crippen LogP contribution < -0.4 is 0 Å². The van der Waals surface area contributed by atoms with Crippen molar-refractivity contribution in [1.82, 2.24) is 0 Å². The molecule has 0 spiro atoms. The van der Waals surface area contributed by atoms with Crippen LogP contribution in [-0.4, -0.2) is 22.8 Å². The third-order valence-corrected chi connectivity index (χ3v) is 7.58. The largest absolute Gasteiger partial charge is 0.249 e. The Morgan fingerprint density at radius 2 is 0.952 bits per heavy atom. The molecule has 3 aromatic rings. The van der Waals surface area contributed by atoms with Crippen LogP contribution in [0.2, 0.25) is 0 Å². The monoisotopic (exact) mass is 536 g/mol. The molecule has 5 aliphatic rings. The second-order valence-corrected chi connectivity index (χ2v) is 10.3. The minimum absolute atomic E-state index is 0.853. The molecule has 42 heavy (non-hydrogen) atoms. The van der Waals surface area contributed by atoms with Gasteiger partial charge in [-0.1, -0.05) is 91.0 Å². The summed E-state index contributed by atoms with van der Waals surface area (Å²) < 4.78 is 0. The van der Waals surface area contributed by atoms with Crippen molar-refractivity contribution in [3.8, 4) is 0 Å². The molecule has 0 aromatic heterocycles. The van der Waals surface area contributed by atoms with E-state index in [1.54, 1.807) is 0 Å². The van der Waals surface area contributed by atoms with Gasteiger partial charge in [0.05, 0.1) is 45.6 Å². The SMILES string of the molecule is C1=CC2=NC1=CC1=NC(=C(c3ccccc3)C3=NC(=C(c4ccccc4)C4=NC(=C2)C=C4c2ccccc2)C=C3)C=C1. The molecule has 0 saturated heterocycles. The van der Waals surface area contributed by atoms with Crippen molar-refractivity contribution in [2.75, 3.05) is 0 Å². The van der Waals surface area contributed by atoms with Crippen LogP contribution in [0.4, 0.5) is 0 Å². The highest BCUT2D eigenvalue weighted by molar-refractivity contribution is 6.47. The number of nitrogens with zero attached hydrogens (tertiary/aromatic N) is 4. The van der Waals surface area contributed by atoms with Crippen LogP contribution >= 0.6 is 0 Å². The first-order chi connectivity index (χ1) is 20.8. The van der Waals surface area contributed by atoms with Gasteiger partial charge >= 0.3 is 0 Å². The number of rotatable bonds is 3. The van der Waals surface area contributed by atoms with Gasteiger partial charge in [0.1, 0.15) is 0 Å². The summed E-state index contributed by atoms with van der Waals surface area (Å²) in [5.41, 5.74) is 13.2. The maximum atomic E-state index is 5.28. The smallest absolute Gasteiger partial charge is 0.0816 e. The van der Waals surface area contributed by atoms with Crippen molar-refractivity contribution in [3.05, 3.63) is 185 Å². The number of aliphatic imine (C=N–C) groups is 4.